The van der Waals surface area contributed by atoms with E-state index in [1.807, 2.05) is 13.8 Å². The smallest absolute Gasteiger partial charge is 0.210 e. The maximum absolute atomic E-state index is 9.18. The van der Waals surface area contributed by atoms with Crippen LogP contribution in [0.4, 0.5) is 0 Å². The lowest BCUT2D eigenvalue weighted by Gasteiger charge is -2.16. The molecule has 1 saturated heterocycles. The Labute approximate surface area is 54.2 Å². The van der Waals surface area contributed by atoms with Gasteiger partial charge < -0.3 is 9.84 Å². The first-order chi connectivity index (χ1) is 4.04. The van der Waals surface area contributed by atoms with Gasteiger partial charge in [-0.3, -0.25) is 5.41 Å². The summed E-state index contributed by atoms with van der Waals surface area (Å²) in [6, 6.07) is 0. The van der Waals surface area contributed by atoms with Gasteiger partial charge in [0, 0.05) is 5.41 Å². The molecule has 0 aliphatic carbocycles. The summed E-state index contributed by atoms with van der Waals surface area (Å²) in [6.45, 7) is 4.20. The molecule has 0 radical (unpaired) electrons. The van der Waals surface area contributed by atoms with E-state index in [0.29, 0.717) is 6.61 Å². The molecule has 1 unspecified atom stereocenters. The van der Waals surface area contributed by atoms with Crippen molar-refractivity contribution in [1.82, 2.24) is 0 Å². The molecule has 3 nitrogen and oxygen atoms in total. The van der Waals surface area contributed by atoms with Gasteiger partial charge in [-0.25, -0.2) is 0 Å². The second-order valence-corrected chi connectivity index (χ2v) is 3.04. The highest BCUT2D eigenvalue weighted by atomic mass is 16.5. The quantitative estimate of drug-likeness (QED) is 0.496. The predicted octanol–water partition coefficient (Wildman–Crippen LogP) is 0.381. The summed E-state index contributed by atoms with van der Waals surface area (Å²) < 4.78 is 4.81. The summed E-state index contributed by atoms with van der Waals surface area (Å²) in [5.74, 6) is 0.000000000000000222. The Bertz CT molecular complexity index is 142. The maximum atomic E-state index is 9.18. The summed E-state index contributed by atoms with van der Waals surface area (Å²) in [7, 11) is 0. The number of aliphatic hydroxyl groups is 1. The van der Waals surface area contributed by atoms with Gasteiger partial charge in [-0.2, -0.15) is 0 Å². The van der Waals surface area contributed by atoms with Gasteiger partial charge in [-0.15, -0.1) is 0 Å². The van der Waals surface area contributed by atoms with E-state index in [0.717, 1.165) is 0 Å². The van der Waals surface area contributed by atoms with Crippen LogP contribution in [0.5, 0.6) is 0 Å². The van der Waals surface area contributed by atoms with Crippen LogP contribution in [0.15, 0.2) is 0 Å². The second kappa shape index (κ2) is 1.70. The molecule has 1 fully saturated rings. The number of ether oxygens (including phenoxy) is 1. The molecule has 2 N–H and O–H groups in total. The summed E-state index contributed by atoms with van der Waals surface area (Å²) in [5, 5.41) is 16.2. The molecule has 0 spiro atoms. The zero-order valence-corrected chi connectivity index (χ0v) is 5.64. The second-order valence-electron chi connectivity index (χ2n) is 3.04. The monoisotopic (exact) mass is 129 g/mol. The Morgan fingerprint density at radius 1 is 1.78 bits per heavy atom. The zero-order chi connectivity index (χ0) is 7.07. The first-order valence-electron chi connectivity index (χ1n) is 2.93. The van der Waals surface area contributed by atoms with Crippen molar-refractivity contribution in [2.24, 2.45) is 5.41 Å². The standard InChI is InChI=1S/C6H11NO2/c1-6(2)3-9-5(7)4(6)8/h4,7-8H,3H2,1-2H3. The zero-order valence-electron chi connectivity index (χ0n) is 5.64. The van der Waals surface area contributed by atoms with Gasteiger partial charge in [0.25, 0.3) is 0 Å². The van der Waals surface area contributed by atoms with Crippen LogP contribution in [0.3, 0.4) is 0 Å². The largest absolute Gasteiger partial charge is 0.479 e. The van der Waals surface area contributed by atoms with Crippen LogP contribution in [-0.2, 0) is 4.74 Å². The molecule has 1 atom stereocenters. The summed E-state index contributed by atoms with van der Waals surface area (Å²) in [4.78, 5) is 0. The Balaban J connectivity index is 2.73. The Hall–Kier alpha value is -0.570. The first-order valence-corrected chi connectivity index (χ1v) is 2.93. The topological polar surface area (TPSA) is 53.3 Å². The highest BCUT2D eigenvalue weighted by molar-refractivity contribution is 5.80. The third-order valence-corrected chi connectivity index (χ3v) is 1.59. The van der Waals surface area contributed by atoms with Crippen LogP contribution < -0.4 is 0 Å². The molecule has 1 aliphatic rings. The van der Waals surface area contributed by atoms with Crippen LogP contribution in [0.1, 0.15) is 13.8 Å². The fraction of sp³-hybridized carbons (Fsp3) is 0.833. The van der Waals surface area contributed by atoms with Gasteiger partial charge in [-0.1, -0.05) is 13.8 Å². The molecule has 9 heavy (non-hydrogen) atoms. The summed E-state index contributed by atoms with van der Waals surface area (Å²) >= 11 is 0. The number of rotatable bonds is 0. The van der Waals surface area contributed by atoms with Gasteiger partial charge in [-0.05, 0) is 0 Å². The van der Waals surface area contributed by atoms with E-state index in [9.17, 15) is 5.11 Å². The SMILES string of the molecule is CC1(C)COC(=N)C1O. The molecule has 1 rings (SSSR count). The molecular formula is C6H11NO2. The van der Waals surface area contributed by atoms with Gasteiger partial charge in [0.2, 0.25) is 5.90 Å². The summed E-state index contributed by atoms with van der Waals surface area (Å²) in [5.41, 5.74) is -0.267. The molecule has 1 heterocycles. The third-order valence-electron chi connectivity index (χ3n) is 1.59. The van der Waals surface area contributed by atoms with Crippen molar-refractivity contribution in [2.45, 2.75) is 20.0 Å². The number of hydrogen-bond acceptors (Lipinski definition) is 3. The van der Waals surface area contributed by atoms with Crippen molar-refractivity contribution < 1.29 is 9.84 Å². The van der Waals surface area contributed by atoms with E-state index in [1.54, 1.807) is 0 Å². The van der Waals surface area contributed by atoms with Crippen molar-refractivity contribution in [3.05, 3.63) is 0 Å². The van der Waals surface area contributed by atoms with Crippen molar-refractivity contribution >= 4 is 5.90 Å². The molecule has 52 valence electrons. The van der Waals surface area contributed by atoms with Crippen LogP contribution in [0, 0.1) is 10.8 Å². The minimum Gasteiger partial charge on any atom is -0.479 e. The fourth-order valence-electron chi connectivity index (χ4n) is 0.777. The molecule has 0 aromatic carbocycles. The van der Waals surface area contributed by atoms with E-state index in [-0.39, 0.29) is 11.3 Å². The maximum Gasteiger partial charge on any atom is 0.210 e. The van der Waals surface area contributed by atoms with Gasteiger partial charge in [0.1, 0.15) is 6.10 Å². The van der Waals surface area contributed by atoms with Crippen molar-refractivity contribution in [1.29, 1.82) is 5.41 Å². The number of nitrogens with one attached hydrogen (secondary N) is 1. The van der Waals surface area contributed by atoms with Crippen molar-refractivity contribution in [3.8, 4) is 0 Å². The van der Waals surface area contributed by atoms with Crippen LogP contribution in [-0.4, -0.2) is 23.7 Å². The minimum absolute atomic E-state index is 0.000000000000000222. The lowest BCUT2D eigenvalue weighted by atomic mass is 9.90. The van der Waals surface area contributed by atoms with Gasteiger partial charge >= 0.3 is 0 Å². The number of hydrogen-bond donors (Lipinski definition) is 2. The van der Waals surface area contributed by atoms with Gasteiger partial charge in [0.05, 0.1) is 6.61 Å². The normalized spacial score (nSPS) is 32.3. The molecule has 0 aromatic heterocycles. The molecule has 0 amide bonds. The third kappa shape index (κ3) is 0.920. The molecule has 1 aliphatic heterocycles. The summed E-state index contributed by atoms with van der Waals surface area (Å²) in [6.07, 6.45) is -0.711. The molecule has 3 heteroatoms. The fourth-order valence-corrected chi connectivity index (χ4v) is 0.777. The molecule has 0 bridgehead atoms. The highest BCUT2D eigenvalue weighted by Gasteiger charge is 2.39. The molecule has 0 aromatic rings. The lowest BCUT2D eigenvalue weighted by Crippen LogP contribution is -2.28. The van der Waals surface area contributed by atoms with E-state index < -0.39 is 6.10 Å². The molecule has 0 saturated carbocycles. The van der Waals surface area contributed by atoms with Gasteiger partial charge in [0.15, 0.2) is 0 Å². The predicted molar refractivity (Wildman–Crippen MR) is 33.5 cm³/mol. The van der Waals surface area contributed by atoms with E-state index in [2.05, 4.69) is 0 Å². The van der Waals surface area contributed by atoms with E-state index >= 15 is 0 Å². The van der Waals surface area contributed by atoms with Crippen LogP contribution in [0.25, 0.3) is 0 Å². The van der Waals surface area contributed by atoms with Crippen LogP contribution >= 0.6 is 0 Å². The highest BCUT2D eigenvalue weighted by Crippen LogP contribution is 2.27. The first kappa shape index (κ1) is 6.55. The Morgan fingerprint density at radius 2 is 2.33 bits per heavy atom. The minimum atomic E-state index is -0.711. The van der Waals surface area contributed by atoms with Crippen molar-refractivity contribution in [2.75, 3.05) is 6.61 Å². The lowest BCUT2D eigenvalue weighted by molar-refractivity contribution is 0.118. The van der Waals surface area contributed by atoms with E-state index in [1.165, 1.54) is 0 Å². The van der Waals surface area contributed by atoms with E-state index in [4.69, 9.17) is 10.1 Å². The van der Waals surface area contributed by atoms with Crippen molar-refractivity contribution in [3.63, 3.8) is 0 Å². The molecular weight excluding hydrogens is 118 g/mol. The number of aliphatic hydroxyl groups excluding tert-OH is 1. The Morgan fingerprint density at radius 3 is 2.44 bits per heavy atom. The van der Waals surface area contributed by atoms with Crippen LogP contribution in [0.2, 0.25) is 0 Å². The Kier molecular flexibility index (Phi) is 1.24. The average Bonchev–Trinajstić information content (AvgIpc) is 1.97. The average molecular weight is 129 g/mol.